The number of nitrogens with one attached hydrogen (secondary N) is 1. The molecule has 2 atom stereocenters. The van der Waals surface area contributed by atoms with Crippen LogP contribution in [0, 0.1) is 5.92 Å². The van der Waals surface area contributed by atoms with Crippen LogP contribution in [-0.4, -0.2) is 11.2 Å². The van der Waals surface area contributed by atoms with Crippen molar-refractivity contribution in [1.82, 2.24) is 5.32 Å². The number of benzene rings is 1. The summed E-state index contributed by atoms with van der Waals surface area (Å²) in [4.78, 5) is 0. The van der Waals surface area contributed by atoms with Crippen molar-refractivity contribution in [3.63, 3.8) is 0 Å². The molecule has 0 fully saturated rings. The Labute approximate surface area is 91.3 Å². The Balaban J connectivity index is 2.13. The lowest BCUT2D eigenvalue weighted by molar-refractivity contribution is 0.109. The predicted molar refractivity (Wildman–Crippen MR) is 61.5 cm³/mol. The van der Waals surface area contributed by atoms with Gasteiger partial charge in [0.05, 0.1) is 12.1 Å². The van der Waals surface area contributed by atoms with Crippen LogP contribution in [0.3, 0.4) is 0 Å². The van der Waals surface area contributed by atoms with Crippen LogP contribution in [0.25, 0.3) is 0 Å². The quantitative estimate of drug-likeness (QED) is 0.793. The van der Waals surface area contributed by atoms with Gasteiger partial charge >= 0.3 is 0 Å². The van der Waals surface area contributed by atoms with Crippen molar-refractivity contribution in [3.05, 3.63) is 35.4 Å². The third-order valence-electron chi connectivity index (χ3n) is 3.00. The second kappa shape index (κ2) is 4.33. The second-order valence-electron chi connectivity index (χ2n) is 4.75. The Kier molecular flexibility index (Phi) is 3.08. The fraction of sp³-hybridized carbons (Fsp3) is 0.538. The summed E-state index contributed by atoms with van der Waals surface area (Å²) >= 11 is 0. The summed E-state index contributed by atoms with van der Waals surface area (Å²) in [5.41, 5.74) is 2.59. The van der Waals surface area contributed by atoms with E-state index in [1.165, 1.54) is 11.1 Å². The monoisotopic (exact) mass is 205 g/mol. The van der Waals surface area contributed by atoms with Gasteiger partial charge in [0.2, 0.25) is 0 Å². The van der Waals surface area contributed by atoms with Gasteiger partial charge in [-0.1, -0.05) is 38.1 Å². The van der Waals surface area contributed by atoms with Gasteiger partial charge < -0.3 is 10.4 Å². The van der Waals surface area contributed by atoms with Crippen LogP contribution in [0.5, 0.6) is 0 Å². The molecule has 0 amide bonds. The minimum atomic E-state index is -0.270. The number of aliphatic hydroxyl groups excluding tert-OH is 1. The van der Waals surface area contributed by atoms with E-state index in [2.05, 4.69) is 37.4 Å². The third-order valence-corrected chi connectivity index (χ3v) is 3.00. The third kappa shape index (κ3) is 2.21. The van der Waals surface area contributed by atoms with Crippen molar-refractivity contribution in [2.75, 3.05) is 0 Å². The van der Waals surface area contributed by atoms with Crippen molar-refractivity contribution in [1.29, 1.82) is 0 Å². The fourth-order valence-corrected chi connectivity index (χ4v) is 2.29. The van der Waals surface area contributed by atoms with Crippen LogP contribution in [0.15, 0.2) is 24.3 Å². The van der Waals surface area contributed by atoms with Gasteiger partial charge in [0.25, 0.3) is 0 Å². The maximum Gasteiger partial charge on any atom is 0.0737 e. The molecule has 0 saturated heterocycles. The molecule has 1 aliphatic rings. The van der Waals surface area contributed by atoms with E-state index in [9.17, 15) is 5.11 Å². The SMILES string of the molecule is CC(C)CC(O)C1NCc2ccccc21. The highest BCUT2D eigenvalue weighted by Gasteiger charge is 2.27. The molecule has 0 saturated carbocycles. The van der Waals surface area contributed by atoms with Crippen molar-refractivity contribution in [3.8, 4) is 0 Å². The zero-order valence-electron chi connectivity index (χ0n) is 9.40. The van der Waals surface area contributed by atoms with Crippen LogP contribution in [-0.2, 0) is 6.54 Å². The largest absolute Gasteiger partial charge is 0.391 e. The molecule has 2 rings (SSSR count). The van der Waals surface area contributed by atoms with Gasteiger partial charge in [0.1, 0.15) is 0 Å². The van der Waals surface area contributed by atoms with Crippen LogP contribution in [0.1, 0.15) is 37.4 Å². The molecule has 0 aliphatic carbocycles. The van der Waals surface area contributed by atoms with Gasteiger partial charge in [0, 0.05) is 6.54 Å². The molecule has 0 aromatic heterocycles. The fourth-order valence-electron chi connectivity index (χ4n) is 2.29. The molecule has 1 aromatic carbocycles. The Morgan fingerprint density at radius 2 is 2.13 bits per heavy atom. The molecule has 1 aliphatic heterocycles. The summed E-state index contributed by atoms with van der Waals surface area (Å²) in [5.74, 6) is 0.537. The predicted octanol–water partition coefficient (Wildman–Crippen LogP) is 2.24. The lowest BCUT2D eigenvalue weighted by Crippen LogP contribution is -2.27. The maximum atomic E-state index is 10.1. The van der Waals surface area contributed by atoms with Crippen molar-refractivity contribution in [2.24, 2.45) is 5.92 Å². The zero-order chi connectivity index (χ0) is 10.8. The first-order valence-corrected chi connectivity index (χ1v) is 5.67. The van der Waals surface area contributed by atoms with Crippen LogP contribution >= 0.6 is 0 Å². The summed E-state index contributed by atoms with van der Waals surface area (Å²) in [6.45, 7) is 5.17. The first-order chi connectivity index (χ1) is 7.18. The Hall–Kier alpha value is -0.860. The molecule has 1 heterocycles. The van der Waals surface area contributed by atoms with Crippen LogP contribution in [0.2, 0.25) is 0 Å². The molecule has 2 N–H and O–H groups in total. The Bertz CT molecular complexity index is 335. The Morgan fingerprint density at radius 1 is 1.40 bits per heavy atom. The number of aliphatic hydroxyl groups is 1. The van der Waals surface area contributed by atoms with Crippen LogP contribution in [0.4, 0.5) is 0 Å². The van der Waals surface area contributed by atoms with Crippen molar-refractivity contribution >= 4 is 0 Å². The van der Waals surface area contributed by atoms with Gasteiger partial charge in [-0.25, -0.2) is 0 Å². The number of fused-ring (bicyclic) bond motifs is 1. The molecule has 0 bridgehead atoms. The highest BCUT2D eigenvalue weighted by atomic mass is 16.3. The van der Waals surface area contributed by atoms with E-state index < -0.39 is 0 Å². The van der Waals surface area contributed by atoms with E-state index in [-0.39, 0.29) is 12.1 Å². The van der Waals surface area contributed by atoms with E-state index in [1.54, 1.807) is 0 Å². The first-order valence-electron chi connectivity index (χ1n) is 5.67. The summed E-state index contributed by atoms with van der Waals surface area (Å²) in [7, 11) is 0. The van der Waals surface area contributed by atoms with Gasteiger partial charge in [-0.15, -0.1) is 0 Å². The van der Waals surface area contributed by atoms with Gasteiger partial charge in [-0.3, -0.25) is 0 Å². The molecule has 2 nitrogen and oxygen atoms in total. The summed E-state index contributed by atoms with van der Waals surface area (Å²) < 4.78 is 0. The lowest BCUT2D eigenvalue weighted by atomic mass is 9.95. The smallest absolute Gasteiger partial charge is 0.0737 e. The standard InChI is InChI=1S/C13H19NO/c1-9(2)7-12(15)13-11-6-4-3-5-10(11)8-14-13/h3-6,9,12-15H,7-8H2,1-2H3. The Morgan fingerprint density at radius 3 is 2.87 bits per heavy atom. The zero-order valence-corrected chi connectivity index (χ0v) is 9.40. The van der Waals surface area contributed by atoms with Crippen molar-refractivity contribution < 1.29 is 5.11 Å². The van der Waals surface area contributed by atoms with Crippen molar-refractivity contribution in [2.45, 2.75) is 39.0 Å². The van der Waals surface area contributed by atoms with Crippen LogP contribution < -0.4 is 5.32 Å². The summed E-state index contributed by atoms with van der Waals surface area (Å²) in [6.07, 6.45) is 0.583. The highest BCUT2D eigenvalue weighted by molar-refractivity contribution is 5.34. The topological polar surface area (TPSA) is 32.3 Å². The van der Waals surface area contributed by atoms with E-state index in [4.69, 9.17) is 0 Å². The lowest BCUT2D eigenvalue weighted by Gasteiger charge is -2.21. The van der Waals surface area contributed by atoms with Gasteiger partial charge in [-0.05, 0) is 23.5 Å². The average Bonchev–Trinajstić information content (AvgIpc) is 2.59. The van der Waals surface area contributed by atoms with Gasteiger partial charge in [0.15, 0.2) is 0 Å². The molecule has 2 heteroatoms. The molecule has 0 spiro atoms. The first kappa shape index (κ1) is 10.7. The minimum Gasteiger partial charge on any atom is -0.391 e. The molecular weight excluding hydrogens is 186 g/mol. The molecule has 15 heavy (non-hydrogen) atoms. The summed E-state index contributed by atoms with van der Waals surface area (Å²) in [6, 6.07) is 8.47. The maximum absolute atomic E-state index is 10.1. The molecule has 0 radical (unpaired) electrons. The summed E-state index contributed by atoms with van der Waals surface area (Å²) in [5, 5.41) is 13.5. The van der Waals surface area contributed by atoms with E-state index >= 15 is 0 Å². The second-order valence-corrected chi connectivity index (χ2v) is 4.75. The number of rotatable bonds is 3. The van der Waals surface area contributed by atoms with Gasteiger partial charge in [-0.2, -0.15) is 0 Å². The van der Waals surface area contributed by atoms with E-state index in [1.807, 2.05) is 6.07 Å². The number of hydrogen-bond acceptors (Lipinski definition) is 2. The molecular formula is C13H19NO. The normalized spacial score (nSPS) is 21.7. The molecule has 82 valence electrons. The van der Waals surface area contributed by atoms with E-state index in [0.717, 1.165) is 13.0 Å². The molecule has 2 unspecified atom stereocenters. The minimum absolute atomic E-state index is 0.128. The highest BCUT2D eigenvalue weighted by Crippen LogP contribution is 2.29. The van der Waals surface area contributed by atoms with E-state index in [0.29, 0.717) is 5.92 Å². The molecule has 1 aromatic rings. The number of hydrogen-bond donors (Lipinski definition) is 2. The average molecular weight is 205 g/mol.